The maximum atomic E-state index is 11.5. The second-order valence-electron chi connectivity index (χ2n) is 4.23. The molecule has 17 heavy (non-hydrogen) atoms. The van der Waals surface area contributed by atoms with Gasteiger partial charge in [0.1, 0.15) is 5.75 Å². The van der Waals surface area contributed by atoms with Crippen LogP contribution >= 0.6 is 0 Å². The minimum atomic E-state index is -0.314. The van der Waals surface area contributed by atoms with E-state index in [-0.39, 0.29) is 18.8 Å². The van der Waals surface area contributed by atoms with Crippen molar-refractivity contribution in [3.05, 3.63) is 29.3 Å². The van der Waals surface area contributed by atoms with Crippen LogP contribution < -0.4 is 4.74 Å². The predicted octanol–water partition coefficient (Wildman–Crippen LogP) is 2.77. The summed E-state index contributed by atoms with van der Waals surface area (Å²) >= 11 is 0. The van der Waals surface area contributed by atoms with Crippen molar-refractivity contribution in [1.29, 1.82) is 5.26 Å². The van der Waals surface area contributed by atoms with Crippen LogP contribution in [0.4, 0.5) is 0 Å². The molecule has 1 aliphatic carbocycles. The summed E-state index contributed by atoms with van der Waals surface area (Å²) in [6.07, 6.45) is 4.79. The normalized spacial score (nSPS) is 13.6. The minimum Gasteiger partial charge on any atom is -0.426 e. The Hall–Kier alpha value is -1.82. The lowest BCUT2D eigenvalue weighted by molar-refractivity contribution is -0.134. The van der Waals surface area contributed by atoms with Crippen molar-refractivity contribution in [1.82, 2.24) is 0 Å². The topological polar surface area (TPSA) is 50.1 Å². The van der Waals surface area contributed by atoms with E-state index < -0.39 is 0 Å². The molecule has 0 aromatic heterocycles. The van der Waals surface area contributed by atoms with Gasteiger partial charge in [0, 0.05) is 6.42 Å². The van der Waals surface area contributed by atoms with E-state index in [0.717, 1.165) is 19.3 Å². The van der Waals surface area contributed by atoms with Gasteiger partial charge in [0.25, 0.3) is 0 Å². The molecular formula is C14H15NO2. The van der Waals surface area contributed by atoms with E-state index in [1.54, 1.807) is 0 Å². The van der Waals surface area contributed by atoms with Crippen LogP contribution in [0.25, 0.3) is 0 Å². The van der Waals surface area contributed by atoms with E-state index in [1.165, 1.54) is 17.5 Å². The summed E-state index contributed by atoms with van der Waals surface area (Å²) < 4.78 is 5.32. The number of ether oxygens (including phenoxy) is 1. The maximum absolute atomic E-state index is 11.5. The summed E-state index contributed by atoms with van der Waals surface area (Å²) in [6, 6.07) is 7.81. The first-order valence-corrected chi connectivity index (χ1v) is 5.99. The lowest BCUT2D eigenvalue weighted by Gasteiger charge is -2.18. The molecule has 1 aliphatic rings. The fourth-order valence-corrected chi connectivity index (χ4v) is 2.17. The van der Waals surface area contributed by atoms with Crippen molar-refractivity contribution < 1.29 is 9.53 Å². The van der Waals surface area contributed by atoms with Crippen LogP contribution in [0.15, 0.2) is 18.2 Å². The standard InChI is InChI=1S/C14H15NO2/c15-10-4-9-14(16)17-13-8-3-6-11-5-1-2-7-12(11)13/h3,6,8H,1-2,4-5,7,9H2. The Balaban J connectivity index is 2.11. The van der Waals surface area contributed by atoms with Crippen LogP contribution in [0.3, 0.4) is 0 Å². The zero-order valence-corrected chi connectivity index (χ0v) is 9.74. The van der Waals surface area contributed by atoms with Crippen LogP contribution in [0.1, 0.15) is 36.8 Å². The lowest BCUT2D eigenvalue weighted by atomic mass is 9.91. The molecule has 0 saturated carbocycles. The van der Waals surface area contributed by atoms with Gasteiger partial charge in [-0.05, 0) is 42.9 Å². The highest BCUT2D eigenvalue weighted by atomic mass is 16.5. The van der Waals surface area contributed by atoms with E-state index in [4.69, 9.17) is 10.00 Å². The molecule has 1 aromatic rings. The smallest absolute Gasteiger partial charge is 0.312 e. The first-order valence-electron chi connectivity index (χ1n) is 5.99. The molecule has 0 unspecified atom stereocenters. The SMILES string of the molecule is N#CCCC(=O)Oc1cccc2c1CCCC2. The molecule has 3 heteroatoms. The molecule has 0 spiro atoms. The first kappa shape index (κ1) is 11.7. The monoisotopic (exact) mass is 229 g/mol. The van der Waals surface area contributed by atoms with Crippen molar-refractivity contribution in [2.24, 2.45) is 0 Å². The van der Waals surface area contributed by atoms with Gasteiger partial charge in [-0.2, -0.15) is 5.26 Å². The average molecular weight is 229 g/mol. The highest BCUT2D eigenvalue weighted by Crippen LogP contribution is 2.29. The quantitative estimate of drug-likeness (QED) is 0.591. The Morgan fingerprint density at radius 1 is 1.35 bits per heavy atom. The van der Waals surface area contributed by atoms with Crippen LogP contribution in [-0.2, 0) is 17.6 Å². The Kier molecular flexibility index (Phi) is 3.77. The second kappa shape index (κ2) is 5.49. The van der Waals surface area contributed by atoms with Gasteiger partial charge in [0.15, 0.2) is 0 Å². The molecule has 0 saturated heterocycles. The number of hydrogen-bond donors (Lipinski definition) is 0. The number of benzene rings is 1. The molecular weight excluding hydrogens is 214 g/mol. The highest BCUT2D eigenvalue weighted by Gasteiger charge is 2.15. The zero-order valence-electron chi connectivity index (χ0n) is 9.74. The Labute approximate surface area is 101 Å². The molecule has 1 aromatic carbocycles. The molecule has 2 rings (SSSR count). The largest absolute Gasteiger partial charge is 0.426 e. The molecule has 0 fully saturated rings. The Morgan fingerprint density at radius 2 is 2.18 bits per heavy atom. The maximum Gasteiger partial charge on any atom is 0.312 e. The molecule has 0 radical (unpaired) electrons. The Bertz CT molecular complexity index is 460. The number of nitrogens with zero attached hydrogens (tertiary/aromatic N) is 1. The van der Waals surface area contributed by atoms with Gasteiger partial charge < -0.3 is 4.74 Å². The summed E-state index contributed by atoms with van der Waals surface area (Å²) in [5.41, 5.74) is 2.46. The molecule has 0 aliphatic heterocycles. The summed E-state index contributed by atoms with van der Waals surface area (Å²) in [4.78, 5) is 11.5. The van der Waals surface area contributed by atoms with E-state index in [2.05, 4.69) is 6.07 Å². The molecule has 88 valence electrons. The highest BCUT2D eigenvalue weighted by molar-refractivity contribution is 5.73. The molecule has 0 heterocycles. The van der Waals surface area contributed by atoms with Gasteiger partial charge in [-0.1, -0.05) is 12.1 Å². The van der Waals surface area contributed by atoms with Crippen LogP contribution in [0.2, 0.25) is 0 Å². The first-order chi connectivity index (χ1) is 8.31. The van der Waals surface area contributed by atoms with Crippen LogP contribution in [0.5, 0.6) is 5.75 Å². The number of nitriles is 1. The number of carbonyl (C=O) groups excluding carboxylic acids is 1. The van der Waals surface area contributed by atoms with E-state index in [0.29, 0.717) is 5.75 Å². The lowest BCUT2D eigenvalue weighted by Crippen LogP contribution is -2.11. The van der Waals surface area contributed by atoms with Gasteiger partial charge in [-0.3, -0.25) is 4.79 Å². The average Bonchev–Trinajstić information content (AvgIpc) is 2.37. The van der Waals surface area contributed by atoms with Gasteiger partial charge in [0.05, 0.1) is 12.5 Å². The number of esters is 1. The predicted molar refractivity (Wildman–Crippen MR) is 63.6 cm³/mol. The number of rotatable bonds is 3. The fraction of sp³-hybridized carbons (Fsp3) is 0.429. The van der Waals surface area contributed by atoms with E-state index in [1.807, 2.05) is 18.2 Å². The van der Waals surface area contributed by atoms with Gasteiger partial charge in [0.2, 0.25) is 0 Å². The summed E-state index contributed by atoms with van der Waals surface area (Å²) in [5, 5.41) is 8.42. The molecule has 0 N–H and O–H groups in total. The van der Waals surface area contributed by atoms with E-state index in [9.17, 15) is 4.79 Å². The van der Waals surface area contributed by atoms with Crippen LogP contribution in [-0.4, -0.2) is 5.97 Å². The molecule has 0 amide bonds. The van der Waals surface area contributed by atoms with E-state index >= 15 is 0 Å². The Morgan fingerprint density at radius 3 is 3.00 bits per heavy atom. The van der Waals surface area contributed by atoms with Gasteiger partial charge >= 0.3 is 5.97 Å². The summed E-state index contributed by atoms with van der Waals surface area (Å²) in [6.45, 7) is 0. The zero-order chi connectivity index (χ0) is 12.1. The number of carbonyl (C=O) groups is 1. The fourth-order valence-electron chi connectivity index (χ4n) is 2.17. The molecule has 0 bridgehead atoms. The third-order valence-electron chi connectivity index (χ3n) is 3.02. The summed E-state index contributed by atoms with van der Waals surface area (Å²) in [7, 11) is 0. The third kappa shape index (κ3) is 2.85. The van der Waals surface area contributed by atoms with Crippen molar-refractivity contribution in [3.63, 3.8) is 0 Å². The molecule has 0 atom stereocenters. The van der Waals surface area contributed by atoms with Crippen molar-refractivity contribution in [2.75, 3.05) is 0 Å². The molecule has 3 nitrogen and oxygen atoms in total. The number of hydrogen-bond acceptors (Lipinski definition) is 3. The van der Waals surface area contributed by atoms with Crippen molar-refractivity contribution >= 4 is 5.97 Å². The van der Waals surface area contributed by atoms with Crippen molar-refractivity contribution in [2.45, 2.75) is 38.5 Å². The van der Waals surface area contributed by atoms with Gasteiger partial charge in [-0.25, -0.2) is 0 Å². The van der Waals surface area contributed by atoms with Gasteiger partial charge in [-0.15, -0.1) is 0 Å². The third-order valence-corrected chi connectivity index (χ3v) is 3.02. The minimum absolute atomic E-state index is 0.167. The van der Waals surface area contributed by atoms with Crippen LogP contribution in [0, 0.1) is 11.3 Å². The number of aryl methyl sites for hydroxylation is 1. The second-order valence-corrected chi connectivity index (χ2v) is 4.23. The summed E-state index contributed by atoms with van der Waals surface area (Å²) in [5.74, 6) is 0.371. The van der Waals surface area contributed by atoms with Crippen molar-refractivity contribution in [3.8, 4) is 11.8 Å². The number of fused-ring (bicyclic) bond motifs is 1.